The number of amidine groups is 1. The molecule has 1 unspecified atom stereocenters. The lowest BCUT2D eigenvalue weighted by molar-refractivity contribution is -0.122. The van der Waals surface area contributed by atoms with Gasteiger partial charge in [0.1, 0.15) is 0 Å². The average Bonchev–Trinajstić information content (AvgIpc) is 2.70. The molecule has 0 aromatic carbocycles. The highest BCUT2D eigenvalue weighted by atomic mass is 16.5. The second-order valence-corrected chi connectivity index (χ2v) is 4.39. The number of ether oxygens (including phenoxy) is 1. The van der Waals surface area contributed by atoms with Crippen molar-refractivity contribution in [3.8, 4) is 0 Å². The number of carbonyl (C=O) groups excluding carboxylic acids is 1. The van der Waals surface area contributed by atoms with Crippen LogP contribution in [0.3, 0.4) is 0 Å². The second-order valence-electron chi connectivity index (χ2n) is 4.39. The minimum absolute atomic E-state index is 0.130. The van der Waals surface area contributed by atoms with E-state index in [2.05, 4.69) is 23.7 Å². The van der Waals surface area contributed by atoms with E-state index in [0.29, 0.717) is 12.4 Å². The van der Waals surface area contributed by atoms with Crippen molar-refractivity contribution < 1.29 is 9.53 Å². The number of carbonyl (C=O) groups is 1. The molecule has 0 aromatic rings. The first-order chi connectivity index (χ1) is 8.22. The smallest absolute Gasteiger partial charge is 0.296 e. The first kappa shape index (κ1) is 14.0. The van der Waals surface area contributed by atoms with Crippen molar-refractivity contribution in [3.63, 3.8) is 0 Å². The quantitative estimate of drug-likeness (QED) is 0.642. The van der Waals surface area contributed by atoms with Crippen LogP contribution in [0.2, 0.25) is 0 Å². The predicted octanol–water partition coefficient (Wildman–Crippen LogP) is 2.58. The lowest BCUT2D eigenvalue weighted by Gasteiger charge is -2.22. The highest BCUT2D eigenvalue weighted by Gasteiger charge is 2.29. The van der Waals surface area contributed by atoms with Crippen molar-refractivity contribution >= 4 is 11.9 Å². The molecule has 0 N–H and O–H groups in total. The van der Waals surface area contributed by atoms with Crippen LogP contribution in [0.5, 0.6) is 0 Å². The number of aliphatic imine (C=N–C) groups is 1. The molecule has 0 fully saturated rings. The normalized spacial score (nSPS) is 19.1. The monoisotopic (exact) mass is 240 g/mol. The Balaban J connectivity index is 2.40. The van der Waals surface area contributed by atoms with Gasteiger partial charge in [0.2, 0.25) is 0 Å². The minimum Gasteiger partial charge on any atom is -0.451 e. The van der Waals surface area contributed by atoms with Gasteiger partial charge in [-0.2, -0.15) is 4.99 Å². The molecule has 17 heavy (non-hydrogen) atoms. The fourth-order valence-corrected chi connectivity index (χ4v) is 1.89. The summed E-state index contributed by atoms with van der Waals surface area (Å²) < 4.78 is 5.56. The Morgan fingerprint density at radius 2 is 2.00 bits per heavy atom. The maximum atomic E-state index is 11.5. The third-order valence-electron chi connectivity index (χ3n) is 3.03. The third kappa shape index (κ3) is 4.02. The van der Waals surface area contributed by atoms with Crippen molar-refractivity contribution in [2.75, 3.05) is 13.1 Å². The first-order valence-electron chi connectivity index (χ1n) is 6.77. The van der Waals surface area contributed by atoms with Crippen molar-refractivity contribution in [2.24, 2.45) is 4.99 Å². The Bertz CT molecular complexity index is 277. The van der Waals surface area contributed by atoms with Crippen LogP contribution in [0, 0.1) is 0 Å². The Morgan fingerprint density at radius 1 is 1.24 bits per heavy atom. The molecule has 0 aliphatic carbocycles. The van der Waals surface area contributed by atoms with E-state index < -0.39 is 0 Å². The number of hydrogen-bond acceptors (Lipinski definition) is 3. The Kier molecular flexibility index (Phi) is 6.01. The van der Waals surface area contributed by atoms with E-state index in [9.17, 15) is 4.79 Å². The Labute approximate surface area is 104 Å². The summed E-state index contributed by atoms with van der Waals surface area (Å²) in [5.41, 5.74) is 0. The van der Waals surface area contributed by atoms with Crippen molar-refractivity contribution in [3.05, 3.63) is 0 Å². The van der Waals surface area contributed by atoms with Gasteiger partial charge in [-0.05, 0) is 19.8 Å². The number of rotatable bonds is 7. The highest BCUT2D eigenvalue weighted by molar-refractivity contribution is 5.98. The number of unbranched alkanes of at least 4 members (excludes halogenated alkanes) is 3. The molecular weight excluding hydrogens is 216 g/mol. The number of hydrogen-bond donors (Lipinski definition) is 0. The van der Waals surface area contributed by atoms with E-state index in [4.69, 9.17) is 4.74 Å². The van der Waals surface area contributed by atoms with Crippen LogP contribution in [0.15, 0.2) is 4.99 Å². The molecular formula is C13H24N2O2. The van der Waals surface area contributed by atoms with Gasteiger partial charge in [0.15, 0.2) is 6.10 Å². The zero-order valence-corrected chi connectivity index (χ0v) is 11.2. The summed E-state index contributed by atoms with van der Waals surface area (Å²) in [7, 11) is 0. The fraction of sp³-hybridized carbons (Fsp3) is 0.846. The summed E-state index contributed by atoms with van der Waals surface area (Å²) in [5.74, 6) is -0.130. The summed E-state index contributed by atoms with van der Waals surface area (Å²) in [6.45, 7) is 7.98. The number of nitrogens with zero attached hydrogens (tertiary/aromatic N) is 2. The fourth-order valence-electron chi connectivity index (χ4n) is 1.89. The summed E-state index contributed by atoms with van der Waals surface area (Å²) in [4.78, 5) is 17.5. The van der Waals surface area contributed by atoms with Crippen LogP contribution in [0.4, 0.5) is 0 Å². The van der Waals surface area contributed by atoms with E-state index in [-0.39, 0.29) is 12.0 Å². The van der Waals surface area contributed by atoms with Crippen LogP contribution in [-0.2, 0) is 9.53 Å². The number of amides is 1. The molecule has 0 saturated heterocycles. The standard InChI is InChI=1S/C13H24N2O2/c1-4-7-8-9-10-15(6-3)13-14-12(16)11(5-2)17-13/h11H,4-10H2,1-3H3. The van der Waals surface area contributed by atoms with Gasteiger partial charge in [0, 0.05) is 13.1 Å². The second kappa shape index (κ2) is 7.30. The van der Waals surface area contributed by atoms with Gasteiger partial charge < -0.3 is 9.64 Å². The summed E-state index contributed by atoms with van der Waals surface area (Å²) in [6, 6.07) is 0.529. The lowest BCUT2D eigenvalue weighted by atomic mass is 10.2. The molecule has 1 heterocycles. The van der Waals surface area contributed by atoms with E-state index in [0.717, 1.165) is 19.5 Å². The van der Waals surface area contributed by atoms with Gasteiger partial charge in [-0.3, -0.25) is 4.79 Å². The van der Waals surface area contributed by atoms with Crippen LogP contribution in [-0.4, -0.2) is 36.0 Å². The average molecular weight is 240 g/mol. The van der Waals surface area contributed by atoms with E-state index in [1.165, 1.54) is 19.3 Å². The van der Waals surface area contributed by atoms with Crippen molar-refractivity contribution in [2.45, 2.75) is 59.0 Å². The van der Waals surface area contributed by atoms with Crippen LogP contribution >= 0.6 is 0 Å². The molecule has 0 spiro atoms. The molecule has 1 aliphatic rings. The molecule has 1 aliphatic heterocycles. The summed E-state index contributed by atoms with van der Waals surface area (Å²) >= 11 is 0. The summed E-state index contributed by atoms with van der Waals surface area (Å²) in [6.07, 6.45) is 5.20. The molecule has 4 heteroatoms. The zero-order valence-electron chi connectivity index (χ0n) is 11.2. The van der Waals surface area contributed by atoms with Gasteiger partial charge in [-0.1, -0.05) is 33.1 Å². The molecule has 0 saturated carbocycles. The van der Waals surface area contributed by atoms with Gasteiger partial charge in [0.05, 0.1) is 0 Å². The summed E-state index contributed by atoms with van der Waals surface area (Å²) in [5, 5.41) is 0. The molecule has 0 bridgehead atoms. The zero-order chi connectivity index (χ0) is 12.7. The van der Waals surface area contributed by atoms with Gasteiger partial charge in [-0.25, -0.2) is 0 Å². The molecule has 1 atom stereocenters. The first-order valence-corrected chi connectivity index (χ1v) is 6.77. The molecule has 0 radical (unpaired) electrons. The maximum Gasteiger partial charge on any atom is 0.296 e. The molecule has 1 rings (SSSR count). The Morgan fingerprint density at radius 3 is 2.53 bits per heavy atom. The largest absolute Gasteiger partial charge is 0.451 e. The van der Waals surface area contributed by atoms with Crippen molar-refractivity contribution in [1.29, 1.82) is 0 Å². The van der Waals surface area contributed by atoms with Crippen LogP contribution in [0.1, 0.15) is 52.9 Å². The predicted molar refractivity (Wildman–Crippen MR) is 69.0 cm³/mol. The van der Waals surface area contributed by atoms with Gasteiger partial charge in [-0.15, -0.1) is 0 Å². The molecule has 4 nitrogen and oxygen atoms in total. The van der Waals surface area contributed by atoms with Crippen LogP contribution in [0.25, 0.3) is 0 Å². The maximum absolute atomic E-state index is 11.5. The SMILES string of the molecule is CCCCCCN(CC)C1=NC(=O)C(CC)O1. The molecule has 1 amide bonds. The minimum atomic E-state index is -0.352. The topological polar surface area (TPSA) is 41.9 Å². The van der Waals surface area contributed by atoms with Crippen LogP contribution < -0.4 is 0 Å². The van der Waals surface area contributed by atoms with Gasteiger partial charge in [0.25, 0.3) is 11.9 Å². The lowest BCUT2D eigenvalue weighted by Crippen LogP contribution is -2.33. The van der Waals surface area contributed by atoms with E-state index >= 15 is 0 Å². The van der Waals surface area contributed by atoms with Gasteiger partial charge >= 0.3 is 0 Å². The Hall–Kier alpha value is -1.06. The molecule has 0 aromatic heterocycles. The van der Waals surface area contributed by atoms with E-state index in [1.54, 1.807) is 0 Å². The molecule has 98 valence electrons. The van der Waals surface area contributed by atoms with Crippen molar-refractivity contribution in [1.82, 2.24) is 4.90 Å². The third-order valence-corrected chi connectivity index (χ3v) is 3.03. The highest BCUT2D eigenvalue weighted by Crippen LogP contribution is 2.13. The van der Waals surface area contributed by atoms with E-state index in [1.807, 2.05) is 6.92 Å².